The molecule has 0 radical (unpaired) electrons. The Balaban J connectivity index is 1.71. The number of hydrogen-bond acceptors (Lipinski definition) is 3. The van der Waals surface area contributed by atoms with E-state index in [1.54, 1.807) is 47.6 Å². The number of fused-ring (bicyclic) bond motifs is 6. The number of aryl methyl sites for hydroxylation is 1. The van der Waals surface area contributed by atoms with Gasteiger partial charge in [-0.15, -0.1) is 11.3 Å². The summed E-state index contributed by atoms with van der Waals surface area (Å²) in [6.45, 7) is 18.2. The highest BCUT2D eigenvalue weighted by molar-refractivity contribution is 7.33. The van der Waals surface area contributed by atoms with Gasteiger partial charge >= 0.3 is 0 Å². The molecule has 0 bridgehead atoms. The Kier molecular flexibility index (Phi) is 4.91. The summed E-state index contributed by atoms with van der Waals surface area (Å²) in [6.07, 6.45) is 0. The van der Waals surface area contributed by atoms with Gasteiger partial charge in [-0.2, -0.15) is 0 Å². The van der Waals surface area contributed by atoms with Gasteiger partial charge in [-0.1, -0.05) is 129 Å². The summed E-state index contributed by atoms with van der Waals surface area (Å²) in [6, 6.07) is 0.509. The second kappa shape index (κ2) is 12.0. The van der Waals surface area contributed by atoms with Crippen LogP contribution in [0.5, 0.6) is 0 Å². The van der Waals surface area contributed by atoms with E-state index in [0.29, 0.717) is 9.96 Å². The van der Waals surface area contributed by atoms with Crippen LogP contribution in [0.25, 0.3) is 10.1 Å². The fraction of sp³-hybridized carbons (Fsp3) is 0.333. The minimum Gasteiger partial charge on any atom is -0.311 e. The first-order chi connectivity index (χ1) is 31.4. The third-order valence-corrected chi connectivity index (χ3v) is 13.0. The van der Waals surface area contributed by atoms with Crippen LogP contribution in [0.1, 0.15) is 106 Å². The number of nitrogens with zero attached hydrogens (tertiary/aromatic N) is 2. The molecule has 0 N–H and O–H groups in total. The topological polar surface area (TPSA) is 6.48 Å². The van der Waals surface area contributed by atoms with Gasteiger partial charge < -0.3 is 9.80 Å². The van der Waals surface area contributed by atoms with Gasteiger partial charge in [-0.3, -0.25) is 0 Å². The van der Waals surface area contributed by atoms with Crippen LogP contribution in [-0.4, -0.2) is 14.8 Å². The maximum absolute atomic E-state index is 10.1. The van der Waals surface area contributed by atoms with Crippen LogP contribution < -0.4 is 30.7 Å². The maximum atomic E-state index is 10.1. The molecule has 0 spiro atoms. The second-order valence-corrected chi connectivity index (χ2v) is 24.4. The average molecular weight is 747 g/mol. The summed E-state index contributed by atoms with van der Waals surface area (Å²) >= 11 is 1.06. The van der Waals surface area contributed by atoms with E-state index in [0.717, 1.165) is 11.3 Å². The molecular weight excluding hydrogens is 676 g/mol. The standard InChI is InChI=1S/C48H55BN2SSi/c1-30-26-40-43-41(27-30)51(35-21-16-32(17-22-35)47(5,6)7)44-37-28-33(48(8,9)10)18-25-42(37)52-45(44)49(43)38-24-23-36(53(11,12)13)29-39(38)50(40)34-19-14-31(15-20-34)46(2,3)4/h14-29H,1-13H3/i1D3,14D,15D,16D,17D,18D,19D,20D,21D,22D,24D,25D,28D,29D. The van der Waals surface area contributed by atoms with E-state index >= 15 is 0 Å². The summed E-state index contributed by atoms with van der Waals surface area (Å²) in [5, 5.41) is 0.697. The first-order valence-electron chi connectivity index (χ1n) is 26.1. The largest absolute Gasteiger partial charge is 0.311 e. The van der Waals surface area contributed by atoms with Crippen molar-refractivity contribution in [2.75, 3.05) is 9.80 Å². The van der Waals surface area contributed by atoms with Gasteiger partial charge in [0.15, 0.2) is 0 Å². The van der Waals surface area contributed by atoms with Gasteiger partial charge in [0.1, 0.15) is 0 Å². The first kappa shape index (κ1) is 21.7. The van der Waals surface area contributed by atoms with Crippen molar-refractivity contribution in [3.8, 4) is 0 Å². The van der Waals surface area contributed by atoms with Crippen LogP contribution in [0.4, 0.5) is 34.1 Å². The van der Waals surface area contributed by atoms with E-state index in [4.69, 9.17) is 4.11 Å². The van der Waals surface area contributed by atoms with Gasteiger partial charge in [0.25, 0.3) is 6.71 Å². The van der Waals surface area contributed by atoms with Crippen molar-refractivity contribution in [1.82, 2.24) is 0 Å². The minimum absolute atomic E-state index is 0.0238. The van der Waals surface area contributed by atoms with Gasteiger partial charge in [0.05, 0.1) is 31.6 Å². The molecule has 3 heterocycles. The average Bonchev–Trinajstić information content (AvgIpc) is 3.60. The Morgan fingerprint density at radius 3 is 1.70 bits per heavy atom. The Morgan fingerprint density at radius 1 is 0.642 bits per heavy atom. The molecule has 270 valence electrons. The van der Waals surface area contributed by atoms with Crippen molar-refractivity contribution in [2.24, 2.45) is 0 Å². The van der Waals surface area contributed by atoms with Crippen LogP contribution >= 0.6 is 11.3 Å². The summed E-state index contributed by atoms with van der Waals surface area (Å²) in [7, 11) is -2.53. The number of thiophene rings is 1. The molecule has 1 aromatic heterocycles. The third-order valence-electron chi connectivity index (χ3n) is 9.97. The predicted octanol–water partition coefficient (Wildman–Crippen LogP) is 11.7. The molecule has 5 heteroatoms. The quantitative estimate of drug-likeness (QED) is 0.166. The highest BCUT2D eigenvalue weighted by atomic mass is 32.1. The fourth-order valence-electron chi connectivity index (χ4n) is 6.95. The molecule has 0 fully saturated rings. The number of hydrogen-bond donors (Lipinski definition) is 0. The maximum Gasteiger partial charge on any atom is 0.264 e. The highest BCUT2D eigenvalue weighted by Gasteiger charge is 2.45. The summed E-state index contributed by atoms with van der Waals surface area (Å²) in [5.41, 5.74) is -2.20. The molecule has 0 unspecified atom stereocenters. The molecule has 0 saturated carbocycles. The van der Waals surface area contributed by atoms with E-state index in [2.05, 4.69) is 0 Å². The molecule has 8 rings (SSSR count). The number of rotatable bonds is 3. The fourth-order valence-corrected chi connectivity index (χ4v) is 9.16. The molecule has 53 heavy (non-hydrogen) atoms. The van der Waals surface area contributed by atoms with Gasteiger partial charge in [0.2, 0.25) is 0 Å². The summed E-state index contributed by atoms with van der Waals surface area (Å²) < 4.78 is 153. The number of anilines is 6. The zero-order valence-electron chi connectivity index (χ0n) is 48.6. The van der Waals surface area contributed by atoms with Crippen LogP contribution in [0.3, 0.4) is 0 Å². The molecule has 6 aromatic rings. The van der Waals surface area contributed by atoms with Crippen molar-refractivity contribution in [2.45, 2.75) is 105 Å². The normalized spacial score (nSPS) is 18.9. The van der Waals surface area contributed by atoms with Crippen LogP contribution in [0.15, 0.2) is 96.8 Å². The van der Waals surface area contributed by atoms with E-state index in [9.17, 15) is 17.8 Å². The molecule has 0 atom stereocenters. The number of benzene rings is 5. The molecule has 0 aliphatic carbocycles. The van der Waals surface area contributed by atoms with Gasteiger partial charge in [0, 0.05) is 47.4 Å². The molecule has 0 saturated heterocycles. The second-order valence-electron chi connectivity index (χ2n) is 18.3. The summed E-state index contributed by atoms with van der Waals surface area (Å²) in [4.78, 5) is 2.82. The molecule has 5 aromatic carbocycles. The summed E-state index contributed by atoms with van der Waals surface area (Å²) in [5.74, 6) is 0. The lowest BCUT2D eigenvalue weighted by Gasteiger charge is -2.44. The molecule has 0 amide bonds. The Labute approximate surface area is 346 Å². The van der Waals surface area contributed by atoms with Crippen molar-refractivity contribution >= 4 is 91.2 Å². The zero-order chi connectivity index (χ0) is 51.8. The van der Waals surface area contributed by atoms with Gasteiger partial charge in [-0.25, -0.2) is 0 Å². The van der Waals surface area contributed by atoms with Crippen molar-refractivity contribution < 1.29 is 21.9 Å². The third kappa shape index (κ3) is 5.99. The Hall–Kier alpha value is -4.06. The molecule has 2 aliphatic heterocycles. The van der Waals surface area contributed by atoms with E-state index in [1.165, 1.54) is 21.9 Å². The van der Waals surface area contributed by atoms with Crippen LogP contribution in [-0.2, 0) is 16.2 Å². The first-order valence-corrected chi connectivity index (χ1v) is 22.4. The van der Waals surface area contributed by atoms with E-state index in [1.807, 2.05) is 40.4 Å². The highest BCUT2D eigenvalue weighted by Crippen LogP contribution is 2.49. The van der Waals surface area contributed by atoms with Crippen LogP contribution in [0.2, 0.25) is 19.6 Å². The lowest BCUT2D eigenvalue weighted by molar-refractivity contribution is 0.590. The minimum atomic E-state index is -2.88. The van der Waals surface area contributed by atoms with Crippen molar-refractivity contribution in [1.29, 1.82) is 0 Å². The van der Waals surface area contributed by atoms with Crippen molar-refractivity contribution in [3.63, 3.8) is 0 Å². The SMILES string of the molecule is [2H]c1cc([Si](C)(C)C)c([2H])c2c1B1c3sc4c([2H])c([2H])c(C(C)(C)C)c([2H])c4c3N(c3c([2H])c([2H])c(C(C)(C)C)c([2H])c3[2H])c3cc(C([2H])([2H])[2H])cc(c31)N2c1c([2H])c([2H])c(C(C)(C)C)c([2H])c1[2H]. The van der Waals surface area contributed by atoms with Crippen molar-refractivity contribution in [3.05, 3.63) is 119 Å². The predicted molar refractivity (Wildman–Crippen MR) is 240 cm³/mol. The Bertz CT molecular complexity index is 3200. The lowest BCUT2D eigenvalue weighted by Crippen LogP contribution is -2.61. The van der Waals surface area contributed by atoms with E-state index < -0.39 is 62.1 Å². The van der Waals surface area contributed by atoms with Crippen LogP contribution in [0, 0.1) is 6.85 Å². The molecule has 2 nitrogen and oxygen atoms in total. The Morgan fingerprint density at radius 2 is 1.17 bits per heavy atom. The smallest absolute Gasteiger partial charge is 0.264 e. The van der Waals surface area contributed by atoms with E-state index in [-0.39, 0.29) is 132 Å². The van der Waals surface area contributed by atoms with Gasteiger partial charge in [-0.05, 0) is 111 Å². The monoisotopic (exact) mass is 746 g/mol. The zero-order valence-corrected chi connectivity index (χ0v) is 34.4. The molecule has 2 aliphatic rings. The molecular formula is C48H55BN2SSi. The lowest BCUT2D eigenvalue weighted by atomic mass is 9.36.